The van der Waals surface area contributed by atoms with Crippen molar-refractivity contribution in [2.75, 3.05) is 4.98 Å². The molecule has 0 aliphatic heterocycles. The number of rotatable bonds is 6. The molecular weight excluding hydrogens is 254 g/mol. The molecule has 0 aliphatic carbocycles. The first-order valence-corrected chi connectivity index (χ1v) is 9.23. The van der Waals surface area contributed by atoms with Crippen LogP contribution in [0, 0.1) is 0 Å². The maximum Gasteiger partial charge on any atom is 0.244 e. The minimum absolute atomic E-state index is 0.327. The predicted molar refractivity (Wildman–Crippen MR) is 86.6 cm³/mol. The molecule has 1 rings (SSSR count). The number of allylic oxidation sites excluding steroid dienone is 2. The highest BCUT2D eigenvalue weighted by molar-refractivity contribution is 6.46. The minimum Gasteiger partial charge on any atom is -0.546 e. The van der Waals surface area contributed by atoms with Gasteiger partial charge in [-0.2, -0.15) is 0 Å². The number of benzene rings is 1. The van der Waals surface area contributed by atoms with Gasteiger partial charge in [0.15, 0.2) is 0 Å². The summed E-state index contributed by atoms with van der Waals surface area (Å²) in [4.78, 5) is 3.48. The maximum atomic E-state index is 5.75. The molecular formula is C14H23NOSi2. The van der Waals surface area contributed by atoms with Crippen LogP contribution < -0.4 is 9.41 Å². The number of hydrogen-bond acceptors (Lipinski definition) is 2. The van der Waals surface area contributed by atoms with Crippen LogP contribution in [0.1, 0.15) is 27.7 Å². The average Bonchev–Trinajstić information content (AvgIpc) is 2.30. The highest BCUT2D eigenvalue weighted by Gasteiger charge is 1.94. The smallest absolute Gasteiger partial charge is 0.244 e. The summed E-state index contributed by atoms with van der Waals surface area (Å²) in [5.41, 5.74) is 8.45. The van der Waals surface area contributed by atoms with Crippen LogP contribution in [-0.2, 0) is 0 Å². The second kappa shape index (κ2) is 7.95. The van der Waals surface area contributed by atoms with Crippen LogP contribution >= 0.6 is 0 Å². The van der Waals surface area contributed by atoms with E-state index >= 15 is 0 Å². The van der Waals surface area contributed by atoms with Gasteiger partial charge in [0.25, 0.3) is 0 Å². The summed E-state index contributed by atoms with van der Waals surface area (Å²) in [5.74, 6) is 0.980. The number of nitrogens with one attached hydrogen (secondary N) is 1. The molecule has 0 heterocycles. The van der Waals surface area contributed by atoms with E-state index in [4.69, 9.17) is 4.43 Å². The Morgan fingerprint density at radius 2 is 1.61 bits per heavy atom. The van der Waals surface area contributed by atoms with Gasteiger partial charge in [-0.1, -0.05) is 22.5 Å². The van der Waals surface area contributed by atoms with Gasteiger partial charge in [0.2, 0.25) is 9.76 Å². The lowest BCUT2D eigenvalue weighted by atomic mass is 10.3. The van der Waals surface area contributed by atoms with Gasteiger partial charge in [0.05, 0.1) is 0 Å². The van der Waals surface area contributed by atoms with E-state index in [0.717, 1.165) is 5.75 Å². The lowest BCUT2D eigenvalue weighted by Gasteiger charge is -2.07. The fraction of sp³-hybridized carbons (Fsp3) is 0.286. The molecule has 0 unspecified atom stereocenters. The Kier molecular flexibility index (Phi) is 6.53. The average molecular weight is 278 g/mol. The molecule has 98 valence electrons. The quantitative estimate of drug-likeness (QED) is 0.807. The molecule has 0 aromatic heterocycles. The van der Waals surface area contributed by atoms with Crippen molar-refractivity contribution in [1.82, 2.24) is 0 Å². The van der Waals surface area contributed by atoms with E-state index in [1.807, 2.05) is 12.1 Å². The van der Waals surface area contributed by atoms with Gasteiger partial charge in [0.1, 0.15) is 15.4 Å². The summed E-state index contributed by atoms with van der Waals surface area (Å²) in [6.07, 6.45) is 0. The molecule has 0 saturated carbocycles. The van der Waals surface area contributed by atoms with Crippen LogP contribution in [0.5, 0.6) is 5.75 Å². The molecule has 1 aromatic carbocycles. The summed E-state index contributed by atoms with van der Waals surface area (Å²) in [5, 5.41) is 0. The third-order valence-electron chi connectivity index (χ3n) is 2.41. The van der Waals surface area contributed by atoms with E-state index in [0.29, 0.717) is 0 Å². The second-order valence-corrected chi connectivity index (χ2v) is 6.98. The standard InChI is InChI=1S/C14H23NOSi2/c1-11(2)9-17-15-13-5-7-14(8-6-13)16-18-10-12(3)4/h5-10,15H,17-18H2,1-4H3. The molecule has 1 aromatic rings. The number of hydrogen-bond donors (Lipinski definition) is 1. The van der Waals surface area contributed by atoms with E-state index in [1.165, 1.54) is 16.8 Å². The number of anilines is 1. The van der Waals surface area contributed by atoms with Crippen molar-refractivity contribution in [3.63, 3.8) is 0 Å². The SMILES string of the molecule is CC(C)=C[SiH2]Nc1ccc(O[SiH2]C=C(C)C)cc1. The minimum atomic E-state index is -0.557. The van der Waals surface area contributed by atoms with Crippen molar-refractivity contribution in [1.29, 1.82) is 0 Å². The highest BCUT2D eigenvalue weighted by Crippen LogP contribution is 2.15. The lowest BCUT2D eigenvalue weighted by molar-refractivity contribution is 0.604. The fourth-order valence-electron chi connectivity index (χ4n) is 1.35. The van der Waals surface area contributed by atoms with Crippen LogP contribution in [0.25, 0.3) is 0 Å². The Labute approximate surface area is 115 Å². The molecule has 0 radical (unpaired) electrons. The molecule has 0 bridgehead atoms. The van der Waals surface area contributed by atoms with Crippen molar-refractivity contribution >= 4 is 25.1 Å². The van der Waals surface area contributed by atoms with E-state index in [9.17, 15) is 0 Å². The molecule has 18 heavy (non-hydrogen) atoms. The van der Waals surface area contributed by atoms with Crippen LogP contribution in [-0.4, -0.2) is 19.4 Å². The normalized spacial score (nSPS) is 10.9. The van der Waals surface area contributed by atoms with Crippen LogP contribution in [0.4, 0.5) is 5.69 Å². The maximum absolute atomic E-state index is 5.75. The molecule has 0 amide bonds. The van der Waals surface area contributed by atoms with Crippen molar-refractivity contribution < 1.29 is 4.43 Å². The van der Waals surface area contributed by atoms with Crippen LogP contribution in [0.15, 0.2) is 46.8 Å². The van der Waals surface area contributed by atoms with Gasteiger partial charge < -0.3 is 9.41 Å². The summed E-state index contributed by atoms with van der Waals surface area (Å²) >= 11 is 0. The monoisotopic (exact) mass is 277 g/mol. The fourth-order valence-corrected chi connectivity index (χ4v) is 3.13. The topological polar surface area (TPSA) is 21.3 Å². The van der Waals surface area contributed by atoms with Crippen molar-refractivity contribution in [3.05, 3.63) is 46.8 Å². The van der Waals surface area contributed by atoms with Gasteiger partial charge in [0, 0.05) is 5.69 Å². The molecule has 0 saturated heterocycles. The van der Waals surface area contributed by atoms with Gasteiger partial charge in [-0.3, -0.25) is 0 Å². The predicted octanol–water partition coefficient (Wildman–Crippen LogP) is 2.49. The largest absolute Gasteiger partial charge is 0.546 e. The zero-order valence-electron chi connectivity index (χ0n) is 11.8. The van der Waals surface area contributed by atoms with E-state index in [-0.39, 0.29) is 9.68 Å². The third-order valence-corrected chi connectivity index (χ3v) is 5.53. The molecule has 0 spiro atoms. The van der Waals surface area contributed by atoms with Crippen LogP contribution in [0.2, 0.25) is 0 Å². The Morgan fingerprint density at radius 3 is 2.17 bits per heavy atom. The Balaban J connectivity index is 2.42. The first-order chi connectivity index (χ1) is 8.58. The zero-order valence-corrected chi connectivity index (χ0v) is 14.6. The van der Waals surface area contributed by atoms with Crippen LogP contribution in [0.3, 0.4) is 0 Å². The molecule has 4 heteroatoms. The summed E-state index contributed by atoms with van der Waals surface area (Å²) < 4.78 is 5.75. The Morgan fingerprint density at radius 1 is 1.00 bits per heavy atom. The lowest BCUT2D eigenvalue weighted by Crippen LogP contribution is -2.04. The van der Waals surface area contributed by atoms with Crippen molar-refractivity contribution in [2.24, 2.45) is 0 Å². The van der Waals surface area contributed by atoms with Gasteiger partial charge in [-0.15, -0.1) is 0 Å². The molecule has 0 aliphatic rings. The Hall–Kier alpha value is -1.27. The van der Waals surface area contributed by atoms with E-state index in [1.54, 1.807) is 0 Å². The first kappa shape index (κ1) is 14.8. The van der Waals surface area contributed by atoms with E-state index < -0.39 is 9.76 Å². The van der Waals surface area contributed by atoms with Gasteiger partial charge in [-0.05, 0) is 52.0 Å². The van der Waals surface area contributed by atoms with Gasteiger partial charge in [-0.25, -0.2) is 0 Å². The highest BCUT2D eigenvalue weighted by atomic mass is 28.2. The molecule has 2 nitrogen and oxygen atoms in total. The van der Waals surface area contributed by atoms with Crippen molar-refractivity contribution in [2.45, 2.75) is 27.7 Å². The van der Waals surface area contributed by atoms with Crippen molar-refractivity contribution in [3.8, 4) is 5.75 Å². The summed E-state index contributed by atoms with van der Waals surface area (Å²) in [6.45, 7) is 8.49. The third kappa shape index (κ3) is 6.46. The molecule has 0 fully saturated rings. The molecule has 0 atom stereocenters. The second-order valence-electron chi connectivity index (χ2n) is 4.78. The zero-order chi connectivity index (χ0) is 13.4. The van der Waals surface area contributed by atoms with Gasteiger partial charge >= 0.3 is 0 Å². The van der Waals surface area contributed by atoms with E-state index in [2.05, 4.69) is 56.2 Å². The first-order valence-electron chi connectivity index (χ1n) is 6.31. The summed E-state index contributed by atoms with van der Waals surface area (Å²) in [7, 11) is -0.884. The Bertz CT molecular complexity index is 375. The molecule has 1 N–H and O–H groups in total. The summed E-state index contributed by atoms with van der Waals surface area (Å²) in [6, 6.07) is 8.28.